The molecule has 1 heterocycles. The molecule has 0 bridgehead atoms. The lowest BCUT2D eigenvalue weighted by atomic mass is 10.1. The number of rotatable bonds is 8. The molecule has 0 atom stereocenters. The minimum Gasteiger partial charge on any atom is -0.496 e. The van der Waals surface area contributed by atoms with Crippen LogP contribution in [0.2, 0.25) is 5.02 Å². The summed E-state index contributed by atoms with van der Waals surface area (Å²) in [6.45, 7) is 1.27. The van der Waals surface area contributed by atoms with Crippen molar-refractivity contribution in [3.8, 4) is 11.4 Å². The van der Waals surface area contributed by atoms with Crippen molar-refractivity contribution in [2.45, 2.75) is 13.0 Å². The lowest BCUT2D eigenvalue weighted by Crippen LogP contribution is -2.22. The number of imidazole rings is 1. The third kappa shape index (κ3) is 5.32. The third-order valence-corrected chi connectivity index (χ3v) is 6.34. The van der Waals surface area contributed by atoms with E-state index in [0.717, 1.165) is 22.6 Å². The first kappa shape index (κ1) is 24.0. The van der Waals surface area contributed by atoms with E-state index in [1.807, 2.05) is 51.5 Å². The van der Waals surface area contributed by atoms with Crippen LogP contribution in [0.5, 0.6) is 5.75 Å². The number of ether oxygens (including phenoxy) is 1. The molecule has 8 heteroatoms. The summed E-state index contributed by atoms with van der Waals surface area (Å²) in [6.07, 6.45) is 2.41. The largest absolute Gasteiger partial charge is 0.496 e. The number of nitrogens with zero attached hydrogens (tertiary/aromatic N) is 3. The molecule has 0 saturated heterocycles. The van der Waals surface area contributed by atoms with Crippen molar-refractivity contribution >= 4 is 29.5 Å². The molecule has 34 heavy (non-hydrogen) atoms. The SMILES string of the molecule is COc1ccc(F)cc1Cc1cn(CCN(C)c2ccc(F)cc2)c(=S)n1-c1ccc(Cl)cc1. The first-order valence-electron chi connectivity index (χ1n) is 10.7. The predicted molar refractivity (Wildman–Crippen MR) is 135 cm³/mol. The highest BCUT2D eigenvalue weighted by Gasteiger charge is 2.15. The van der Waals surface area contributed by atoms with Crippen molar-refractivity contribution in [1.82, 2.24) is 9.13 Å². The van der Waals surface area contributed by atoms with Gasteiger partial charge in [-0.05, 0) is 78.9 Å². The summed E-state index contributed by atoms with van der Waals surface area (Å²) in [5.41, 5.74) is 3.39. The Morgan fingerprint density at radius 3 is 2.32 bits per heavy atom. The van der Waals surface area contributed by atoms with Crippen LogP contribution >= 0.6 is 23.8 Å². The average molecular weight is 500 g/mol. The number of hydrogen-bond donors (Lipinski definition) is 0. The maximum absolute atomic E-state index is 14.0. The summed E-state index contributed by atoms with van der Waals surface area (Å²) in [5, 5.41) is 0.629. The molecular weight excluding hydrogens is 476 g/mol. The summed E-state index contributed by atoms with van der Waals surface area (Å²) in [4.78, 5) is 2.04. The number of likely N-dealkylation sites (N-methyl/N-ethyl adjacent to an activating group) is 1. The Morgan fingerprint density at radius 1 is 0.971 bits per heavy atom. The van der Waals surface area contributed by atoms with Crippen LogP contribution in [-0.2, 0) is 13.0 Å². The van der Waals surface area contributed by atoms with Gasteiger partial charge in [-0.1, -0.05) is 11.6 Å². The maximum Gasteiger partial charge on any atom is 0.184 e. The van der Waals surface area contributed by atoms with Gasteiger partial charge in [-0.3, -0.25) is 4.57 Å². The van der Waals surface area contributed by atoms with Crippen LogP contribution in [-0.4, -0.2) is 29.8 Å². The fraction of sp³-hybridized carbons (Fsp3) is 0.192. The van der Waals surface area contributed by atoms with Crippen LogP contribution < -0.4 is 9.64 Å². The topological polar surface area (TPSA) is 22.3 Å². The number of methoxy groups -OCH3 is 1. The zero-order chi connectivity index (χ0) is 24.2. The highest BCUT2D eigenvalue weighted by molar-refractivity contribution is 7.71. The first-order chi connectivity index (χ1) is 16.4. The zero-order valence-corrected chi connectivity index (χ0v) is 20.4. The zero-order valence-electron chi connectivity index (χ0n) is 18.8. The quantitative estimate of drug-likeness (QED) is 0.253. The van der Waals surface area contributed by atoms with E-state index in [9.17, 15) is 8.78 Å². The molecule has 1 aromatic heterocycles. The minimum atomic E-state index is -0.326. The monoisotopic (exact) mass is 499 g/mol. The van der Waals surface area contributed by atoms with E-state index in [4.69, 9.17) is 28.6 Å². The van der Waals surface area contributed by atoms with Gasteiger partial charge >= 0.3 is 0 Å². The van der Waals surface area contributed by atoms with Crippen molar-refractivity contribution in [3.05, 3.63) is 106 Å². The van der Waals surface area contributed by atoms with Crippen LogP contribution in [0.25, 0.3) is 5.69 Å². The van der Waals surface area contributed by atoms with Crippen molar-refractivity contribution < 1.29 is 13.5 Å². The Balaban J connectivity index is 1.68. The predicted octanol–water partition coefficient (Wildman–Crippen LogP) is 6.68. The number of aromatic nitrogens is 2. The van der Waals surface area contributed by atoms with E-state index in [-0.39, 0.29) is 11.6 Å². The molecule has 0 amide bonds. The molecule has 4 rings (SSSR count). The molecule has 3 aromatic carbocycles. The Bertz CT molecular complexity index is 1330. The highest BCUT2D eigenvalue weighted by atomic mass is 35.5. The molecule has 0 aliphatic rings. The fourth-order valence-corrected chi connectivity index (χ4v) is 4.35. The van der Waals surface area contributed by atoms with Crippen molar-refractivity contribution in [3.63, 3.8) is 0 Å². The van der Waals surface area contributed by atoms with Crippen LogP contribution in [0.15, 0.2) is 72.9 Å². The van der Waals surface area contributed by atoms with Crippen molar-refractivity contribution in [2.75, 3.05) is 25.6 Å². The molecule has 0 unspecified atom stereocenters. The molecule has 0 N–H and O–H groups in total. The van der Waals surface area contributed by atoms with Gasteiger partial charge in [0.15, 0.2) is 4.77 Å². The Morgan fingerprint density at radius 2 is 1.65 bits per heavy atom. The van der Waals surface area contributed by atoms with Gasteiger partial charge in [0.25, 0.3) is 0 Å². The summed E-state index contributed by atoms with van der Waals surface area (Å²) < 4.78 is 37.3. The number of halogens is 3. The van der Waals surface area contributed by atoms with Gasteiger partial charge in [0, 0.05) is 60.4 Å². The average Bonchev–Trinajstić information content (AvgIpc) is 3.13. The fourth-order valence-electron chi connectivity index (χ4n) is 3.86. The van der Waals surface area contributed by atoms with Gasteiger partial charge in [0.05, 0.1) is 7.11 Å². The molecule has 0 aliphatic carbocycles. The summed E-state index contributed by atoms with van der Waals surface area (Å²) >= 11 is 11.9. The van der Waals surface area contributed by atoms with Gasteiger partial charge in [0.1, 0.15) is 17.4 Å². The summed E-state index contributed by atoms with van der Waals surface area (Å²) in [6, 6.07) is 18.3. The van der Waals surface area contributed by atoms with Crippen LogP contribution in [0.1, 0.15) is 11.3 Å². The number of anilines is 1. The van der Waals surface area contributed by atoms with E-state index in [1.54, 1.807) is 25.3 Å². The smallest absolute Gasteiger partial charge is 0.184 e. The Hall–Kier alpha value is -3.16. The molecular formula is C26H24ClF2N3OS. The molecule has 176 valence electrons. The van der Waals surface area contributed by atoms with Crippen LogP contribution in [0, 0.1) is 16.4 Å². The van der Waals surface area contributed by atoms with Gasteiger partial charge in [-0.2, -0.15) is 0 Å². The van der Waals surface area contributed by atoms with E-state index in [1.165, 1.54) is 24.3 Å². The van der Waals surface area contributed by atoms with E-state index in [0.29, 0.717) is 35.1 Å². The summed E-state index contributed by atoms with van der Waals surface area (Å²) in [7, 11) is 3.52. The van der Waals surface area contributed by atoms with Gasteiger partial charge < -0.3 is 14.2 Å². The number of benzene rings is 3. The van der Waals surface area contributed by atoms with Gasteiger partial charge in [-0.15, -0.1) is 0 Å². The normalized spacial score (nSPS) is 11.0. The molecule has 0 aliphatic heterocycles. The standard InChI is InChI=1S/C26H24ClF2N3OS/c1-30(22-10-5-20(28)6-11-22)13-14-31-17-24(16-18-15-21(29)7-12-25(18)33-2)32(26(31)34)23-8-3-19(27)4-9-23/h3-12,15,17H,13-14,16H2,1-2H3. The Labute approximate surface area is 207 Å². The van der Waals surface area contributed by atoms with Gasteiger partial charge in [0.2, 0.25) is 0 Å². The third-order valence-electron chi connectivity index (χ3n) is 5.67. The molecule has 0 radical (unpaired) electrons. The van der Waals surface area contributed by atoms with Crippen molar-refractivity contribution in [2.24, 2.45) is 0 Å². The van der Waals surface area contributed by atoms with Crippen LogP contribution in [0.3, 0.4) is 0 Å². The second-order valence-corrected chi connectivity index (χ2v) is 8.74. The lowest BCUT2D eigenvalue weighted by molar-refractivity contribution is 0.409. The molecule has 0 fully saturated rings. The van der Waals surface area contributed by atoms with Gasteiger partial charge in [-0.25, -0.2) is 8.78 Å². The second kappa shape index (κ2) is 10.4. The second-order valence-electron chi connectivity index (χ2n) is 7.94. The molecule has 4 nitrogen and oxygen atoms in total. The maximum atomic E-state index is 14.0. The Kier molecular flexibility index (Phi) is 7.34. The lowest BCUT2D eigenvalue weighted by Gasteiger charge is -2.19. The molecule has 0 spiro atoms. The van der Waals surface area contributed by atoms with E-state index in [2.05, 4.69) is 0 Å². The van der Waals surface area contributed by atoms with E-state index < -0.39 is 0 Å². The van der Waals surface area contributed by atoms with Crippen LogP contribution in [0.4, 0.5) is 14.5 Å². The minimum absolute atomic E-state index is 0.267. The highest BCUT2D eigenvalue weighted by Crippen LogP contribution is 2.26. The molecule has 4 aromatic rings. The first-order valence-corrected chi connectivity index (χ1v) is 11.5. The van der Waals surface area contributed by atoms with E-state index >= 15 is 0 Å². The van der Waals surface area contributed by atoms with Crippen molar-refractivity contribution in [1.29, 1.82) is 0 Å². The summed E-state index contributed by atoms with van der Waals surface area (Å²) in [5.74, 6) is 0.0170. The molecule has 0 saturated carbocycles. The number of hydrogen-bond acceptors (Lipinski definition) is 3.